The number of hydrogen-bond donors (Lipinski definition) is 3. The molecule has 26 heavy (non-hydrogen) atoms. The van der Waals surface area contributed by atoms with E-state index in [1.165, 1.54) is 0 Å². The summed E-state index contributed by atoms with van der Waals surface area (Å²) in [6.07, 6.45) is -2.12. The standard InChI is InChI=1S/C20H20O6/c1-20(2,24)19-18(23)13-7-12-14(22)8-15(10-3-5-11(21)6-4-10)25-16(12)9-17(13)26-19/h3-7,9,15,18-19,21,23-24H,8H2,1-2H3/t15-,18-,19-/m1/s1. The summed E-state index contributed by atoms with van der Waals surface area (Å²) in [5.74, 6) is 0.851. The van der Waals surface area contributed by atoms with E-state index in [0.29, 0.717) is 22.6 Å². The molecule has 2 aromatic carbocycles. The van der Waals surface area contributed by atoms with Gasteiger partial charge in [-0.05, 0) is 37.6 Å². The molecule has 6 nitrogen and oxygen atoms in total. The Morgan fingerprint density at radius 1 is 1.08 bits per heavy atom. The van der Waals surface area contributed by atoms with E-state index in [0.717, 1.165) is 5.56 Å². The van der Waals surface area contributed by atoms with Crippen molar-refractivity contribution in [2.45, 2.75) is 44.2 Å². The number of ether oxygens (including phenoxy) is 2. The highest BCUT2D eigenvalue weighted by molar-refractivity contribution is 6.00. The van der Waals surface area contributed by atoms with Gasteiger partial charge in [-0.2, -0.15) is 0 Å². The maximum atomic E-state index is 12.6. The molecule has 0 aromatic heterocycles. The second kappa shape index (κ2) is 5.72. The SMILES string of the molecule is CC(C)(O)[C@@H]1Oc2cc3c(cc2[C@H]1O)C(=O)C[C@H](c1ccc(O)cc1)O3. The van der Waals surface area contributed by atoms with Gasteiger partial charge >= 0.3 is 0 Å². The van der Waals surface area contributed by atoms with Gasteiger partial charge in [-0.1, -0.05) is 12.1 Å². The minimum atomic E-state index is -1.24. The smallest absolute Gasteiger partial charge is 0.170 e. The Labute approximate surface area is 150 Å². The highest BCUT2D eigenvalue weighted by Gasteiger charge is 2.44. The minimum absolute atomic E-state index is 0.0916. The molecule has 0 aliphatic carbocycles. The molecule has 0 bridgehead atoms. The van der Waals surface area contributed by atoms with E-state index in [9.17, 15) is 20.1 Å². The summed E-state index contributed by atoms with van der Waals surface area (Å²) in [6.45, 7) is 3.13. The van der Waals surface area contributed by atoms with Crippen molar-refractivity contribution in [3.05, 3.63) is 53.1 Å². The number of aromatic hydroxyl groups is 1. The summed E-state index contributed by atoms with van der Waals surface area (Å²) in [4.78, 5) is 12.6. The van der Waals surface area contributed by atoms with Gasteiger partial charge in [0.05, 0.1) is 17.6 Å². The van der Waals surface area contributed by atoms with Crippen LogP contribution in [0.25, 0.3) is 0 Å². The lowest BCUT2D eigenvalue weighted by atomic mass is 9.91. The number of rotatable bonds is 2. The molecule has 6 heteroatoms. The van der Waals surface area contributed by atoms with Gasteiger partial charge in [0.15, 0.2) is 11.9 Å². The van der Waals surface area contributed by atoms with Crippen LogP contribution in [0.15, 0.2) is 36.4 Å². The van der Waals surface area contributed by atoms with Gasteiger partial charge in [-0.3, -0.25) is 4.79 Å². The molecule has 2 heterocycles. The predicted octanol–water partition coefficient (Wildman–Crippen LogP) is 2.66. The monoisotopic (exact) mass is 356 g/mol. The first-order valence-electron chi connectivity index (χ1n) is 8.48. The third-order valence-electron chi connectivity index (χ3n) is 4.87. The number of phenolic OH excluding ortho intramolecular Hbond substituents is 1. The second-order valence-electron chi connectivity index (χ2n) is 7.35. The second-order valence-corrected chi connectivity index (χ2v) is 7.35. The Bertz CT molecular complexity index is 865. The summed E-state index contributed by atoms with van der Waals surface area (Å²) in [5.41, 5.74) is 0.435. The molecule has 0 unspecified atom stereocenters. The zero-order valence-corrected chi connectivity index (χ0v) is 14.5. The predicted molar refractivity (Wildman–Crippen MR) is 92.5 cm³/mol. The van der Waals surface area contributed by atoms with Crippen LogP contribution in [0, 0.1) is 0 Å². The van der Waals surface area contributed by atoms with Crippen molar-refractivity contribution in [3.8, 4) is 17.2 Å². The molecule has 0 saturated heterocycles. The summed E-state index contributed by atoms with van der Waals surface area (Å²) >= 11 is 0. The summed E-state index contributed by atoms with van der Waals surface area (Å²) in [6, 6.07) is 9.73. The summed E-state index contributed by atoms with van der Waals surface area (Å²) in [5, 5.41) is 30.1. The number of benzene rings is 2. The topological polar surface area (TPSA) is 96.2 Å². The molecule has 0 spiro atoms. The van der Waals surface area contributed by atoms with Crippen LogP contribution in [0.1, 0.15) is 54.0 Å². The van der Waals surface area contributed by atoms with Gasteiger partial charge in [0.1, 0.15) is 29.5 Å². The number of fused-ring (bicyclic) bond motifs is 2. The van der Waals surface area contributed by atoms with Gasteiger partial charge in [-0.15, -0.1) is 0 Å². The van der Waals surface area contributed by atoms with Crippen molar-refractivity contribution in [3.63, 3.8) is 0 Å². The molecule has 136 valence electrons. The van der Waals surface area contributed by atoms with Gasteiger partial charge in [-0.25, -0.2) is 0 Å². The van der Waals surface area contributed by atoms with E-state index >= 15 is 0 Å². The fourth-order valence-electron chi connectivity index (χ4n) is 3.47. The Morgan fingerprint density at radius 3 is 2.42 bits per heavy atom. The Hall–Kier alpha value is -2.57. The van der Waals surface area contributed by atoms with Gasteiger partial charge in [0.25, 0.3) is 0 Å². The third-order valence-corrected chi connectivity index (χ3v) is 4.87. The van der Waals surface area contributed by atoms with Gasteiger partial charge in [0, 0.05) is 11.6 Å². The van der Waals surface area contributed by atoms with Crippen molar-refractivity contribution in [2.24, 2.45) is 0 Å². The molecule has 2 aliphatic heterocycles. The molecule has 4 rings (SSSR count). The normalized spacial score (nSPS) is 24.5. The lowest BCUT2D eigenvalue weighted by Crippen LogP contribution is -2.41. The van der Waals surface area contributed by atoms with Crippen LogP contribution in [0.4, 0.5) is 0 Å². The molecular formula is C20H20O6. The molecule has 2 aliphatic rings. The first-order chi connectivity index (χ1) is 12.2. The Kier molecular flexibility index (Phi) is 3.71. The van der Waals surface area contributed by atoms with E-state index in [2.05, 4.69) is 0 Å². The van der Waals surface area contributed by atoms with E-state index < -0.39 is 23.9 Å². The van der Waals surface area contributed by atoms with Crippen molar-refractivity contribution >= 4 is 5.78 Å². The molecule has 0 saturated carbocycles. The van der Waals surface area contributed by atoms with Crippen LogP contribution in [0.2, 0.25) is 0 Å². The zero-order chi connectivity index (χ0) is 18.6. The number of carbonyl (C=O) groups is 1. The molecule has 0 fully saturated rings. The van der Waals surface area contributed by atoms with Crippen LogP contribution >= 0.6 is 0 Å². The molecule has 0 amide bonds. The van der Waals surface area contributed by atoms with Crippen molar-refractivity contribution in [1.82, 2.24) is 0 Å². The molecule has 0 radical (unpaired) electrons. The van der Waals surface area contributed by atoms with Crippen LogP contribution in [-0.2, 0) is 0 Å². The van der Waals surface area contributed by atoms with E-state index in [4.69, 9.17) is 9.47 Å². The first-order valence-corrected chi connectivity index (χ1v) is 8.48. The maximum Gasteiger partial charge on any atom is 0.170 e. The van der Waals surface area contributed by atoms with Gasteiger partial charge in [0.2, 0.25) is 0 Å². The number of aliphatic hydroxyl groups is 2. The molecule has 2 aromatic rings. The van der Waals surface area contributed by atoms with E-state index in [1.807, 2.05) is 0 Å². The lowest BCUT2D eigenvalue weighted by Gasteiger charge is -2.27. The first kappa shape index (κ1) is 16.9. The number of ketones is 1. The Balaban J connectivity index is 1.68. The average molecular weight is 356 g/mol. The van der Waals surface area contributed by atoms with E-state index in [1.54, 1.807) is 50.2 Å². The number of aliphatic hydroxyl groups excluding tert-OH is 1. The number of Topliss-reactive ketones (excluding diaryl/α,β-unsaturated/α-hetero) is 1. The van der Waals surface area contributed by atoms with Crippen LogP contribution < -0.4 is 9.47 Å². The van der Waals surface area contributed by atoms with Crippen molar-refractivity contribution < 1.29 is 29.6 Å². The van der Waals surface area contributed by atoms with Crippen molar-refractivity contribution in [1.29, 1.82) is 0 Å². The Morgan fingerprint density at radius 2 is 1.77 bits per heavy atom. The van der Waals surface area contributed by atoms with Crippen LogP contribution in [-0.4, -0.2) is 32.8 Å². The summed E-state index contributed by atoms with van der Waals surface area (Å²) in [7, 11) is 0. The fraction of sp³-hybridized carbons (Fsp3) is 0.350. The minimum Gasteiger partial charge on any atom is -0.508 e. The fourth-order valence-corrected chi connectivity index (χ4v) is 3.47. The highest BCUT2D eigenvalue weighted by Crippen LogP contribution is 2.46. The molecule has 3 atom stereocenters. The van der Waals surface area contributed by atoms with Gasteiger partial charge < -0.3 is 24.8 Å². The number of carbonyl (C=O) groups excluding carboxylic acids is 1. The zero-order valence-electron chi connectivity index (χ0n) is 14.5. The quantitative estimate of drug-likeness (QED) is 0.766. The van der Waals surface area contributed by atoms with Crippen molar-refractivity contribution in [2.75, 3.05) is 0 Å². The lowest BCUT2D eigenvalue weighted by molar-refractivity contribution is -0.0763. The molecular weight excluding hydrogens is 336 g/mol. The van der Waals surface area contributed by atoms with Crippen LogP contribution in [0.5, 0.6) is 17.2 Å². The number of hydrogen-bond acceptors (Lipinski definition) is 6. The average Bonchev–Trinajstić information content (AvgIpc) is 2.90. The maximum absolute atomic E-state index is 12.6. The van der Waals surface area contributed by atoms with Crippen LogP contribution in [0.3, 0.4) is 0 Å². The third kappa shape index (κ3) is 2.71. The molecule has 3 N–H and O–H groups in total. The van der Waals surface area contributed by atoms with E-state index in [-0.39, 0.29) is 18.0 Å². The highest BCUT2D eigenvalue weighted by atomic mass is 16.5. The number of phenols is 1. The largest absolute Gasteiger partial charge is 0.508 e. The summed E-state index contributed by atoms with van der Waals surface area (Å²) < 4.78 is 11.7.